The SMILES string of the molecule is CCCCCC(C)(C)CN1CC(CO)CC1=O. The van der Waals surface area contributed by atoms with E-state index in [9.17, 15) is 4.79 Å². The van der Waals surface area contributed by atoms with E-state index in [0.717, 1.165) is 13.1 Å². The number of nitrogens with zero attached hydrogens (tertiary/aromatic N) is 1. The first-order valence-electron chi connectivity index (χ1n) is 6.87. The Labute approximate surface area is 105 Å². The maximum Gasteiger partial charge on any atom is 0.223 e. The molecule has 0 spiro atoms. The molecule has 1 aliphatic heterocycles. The maximum atomic E-state index is 11.8. The van der Waals surface area contributed by atoms with Crippen molar-refractivity contribution in [3.63, 3.8) is 0 Å². The van der Waals surface area contributed by atoms with Crippen LogP contribution in [0.1, 0.15) is 52.9 Å². The number of carbonyl (C=O) groups excluding carboxylic acids is 1. The third-order valence-corrected chi connectivity index (χ3v) is 3.63. The summed E-state index contributed by atoms with van der Waals surface area (Å²) in [5.41, 5.74) is 0.204. The molecule has 1 rings (SSSR count). The first kappa shape index (κ1) is 14.5. The van der Waals surface area contributed by atoms with Crippen molar-refractivity contribution in [2.75, 3.05) is 19.7 Å². The van der Waals surface area contributed by atoms with E-state index in [1.807, 2.05) is 4.90 Å². The van der Waals surface area contributed by atoms with Gasteiger partial charge in [-0.2, -0.15) is 0 Å². The number of amides is 1. The van der Waals surface area contributed by atoms with Gasteiger partial charge < -0.3 is 10.0 Å². The molecule has 100 valence electrons. The Balaban J connectivity index is 2.39. The number of rotatable bonds is 7. The van der Waals surface area contributed by atoms with Crippen molar-refractivity contribution in [2.24, 2.45) is 11.3 Å². The van der Waals surface area contributed by atoms with Gasteiger partial charge in [-0.05, 0) is 11.8 Å². The summed E-state index contributed by atoms with van der Waals surface area (Å²) in [6, 6.07) is 0. The minimum Gasteiger partial charge on any atom is -0.396 e. The predicted molar refractivity (Wildman–Crippen MR) is 69.7 cm³/mol. The summed E-state index contributed by atoms with van der Waals surface area (Å²) in [6.45, 7) is 8.41. The molecule has 1 saturated heterocycles. The van der Waals surface area contributed by atoms with Crippen molar-refractivity contribution >= 4 is 5.91 Å². The molecule has 0 aromatic heterocycles. The van der Waals surface area contributed by atoms with Crippen molar-refractivity contribution in [1.82, 2.24) is 4.90 Å². The van der Waals surface area contributed by atoms with Crippen LogP contribution >= 0.6 is 0 Å². The predicted octanol–water partition coefficient (Wildman–Crippen LogP) is 2.43. The molecule has 17 heavy (non-hydrogen) atoms. The lowest BCUT2D eigenvalue weighted by atomic mass is 9.86. The lowest BCUT2D eigenvalue weighted by Crippen LogP contribution is -2.35. The Hall–Kier alpha value is -0.570. The lowest BCUT2D eigenvalue weighted by Gasteiger charge is -2.30. The maximum absolute atomic E-state index is 11.8. The van der Waals surface area contributed by atoms with E-state index in [2.05, 4.69) is 20.8 Å². The summed E-state index contributed by atoms with van der Waals surface area (Å²) in [7, 11) is 0. The van der Waals surface area contributed by atoms with Gasteiger partial charge in [0.1, 0.15) is 0 Å². The molecular formula is C14H27NO2. The Morgan fingerprint density at radius 2 is 2.12 bits per heavy atom. The van der Waals surface area contributed by atoms with E-state index in [1.54, 1.807) is 0 Å². The minimum absolute atomic E-state index is 0.137. The molecule has 0 aromatic carbocycles. The summed E-state index contributed by atoms with van der Waals surface area (Å²) >= 11 is 0. The summed E-state index contributed by atoms with van der Waals surface area (Å²) in [4.78, 5) is 13.7. The number of carbonyl (C=O) groups is 1. The van der Waals surface area contributed by atoms with Gasteiger partial charge in [-0.3, -0.25) is 4.79 Å². The van der Waals surface area contributed by atoms with Crippen LogP contribution in [0.5, 0.6) is 0 Å². The van der Waals surface area contributed by atoms with E-state index < -0.39 is 0 Å². The minimum atomic E-state index is 0.137. The van der Waals surface area contributed by atoms with E-state index in [0.29, 0.717) is 6.42 Å². The van der Waals surface area contributed by atoms with Gasteiger partial charge in [-0.15, -0.1) is 0 Å². The Morgan fingerprint density at radius 1 is 1.41 bits per heavy atom. The average molecular weight is 241 g/mol. The molecule has 1 heterocycles. The number of aliphatic hydroxyl groups excluding tert-OH is 1. The second-order valence-corrected chi connectivity index (χ2v) is 6.15. The van der Waals surface area contributed by atoms with Crippen LogP contribution in [0.3, 0.4) is 0 Å². The van der Waals surface area contributed by atoms with Gasteiger partial charge in [0.25, 0.3) is 0 Å². The van der Waals surface area contributed by atoms with Gasteiger partial charge in [-0.25, -0.2) is 0 Å². The van der Waals surface area contributed by atoms with Crippen LogP contribution in [-0.2, 0) is 4.79 Å². The molecule has 1 unspecified atom stereocenters. The van der Waals surface area contributed by atoms with Gasteiger partial charge in [-0.1, -0.05) is 40.0 Å². The standard InChI is InChI=1S/C14H27NO2/c1-4-5-6-7-14(2,3)11-15-9-12(10-16)8-13(15)17/h12,16H,4-11H2,1-3H3. The number of aliphatic hydroxyl groups is 1. The topological polar surface area (TPSA) is 40.5 Å². The average Bonchev–Trinajstić information content (AvgIpc) is 2.59. The first-order valence-corrected chi connectivity index (χ1v) is 6.87. The van der Waals surface area contributed by atoms with Crippen LogP contribution in [0.4, 0.5) is 0 Å². The van der Waals surface area contributed by atoms with E-state index in [-0.39, 0.29) is 23.8 Å². The van der Waals surface area contributed by atoms with Gasteiger partial charge in [0, 0.05) is 32.0 Å². The van der Waals surface area contributed by atoms with Crippen molar-refractivity contribution in [3.05, 3.63) is 0 Å². The highest BCUT2D eigenvalue weighted by atomic mass is 16.3. The number of unbranched alkanes of at least 4 members (excludes halogenated alkanes) is 2. The largest absolute Gasteiger partial charge is 0.396 e. The normalized spacial score (nSPS) is 21.3. The summed E-state index contributed by atoms with van der Waals surface area (Å²) in [5, 5.41) is 9.09. The van der Waals surface area contributed by atoms with E-state index >= 15 is 0 Å². The second-order valence-electron chi connectivity index (χ2n) is 6.15. The number of hydrogen-bond acceptors (Lipinski definition) is 2. The Kier molecular flexibility index (Phi) is 5.44. The van der Waals surface area contributed by atoms with Crippen LogP contribution < -0.4 is 0 Å². The molecule has 0 radical (unpaired) electrons. The quantitative estimate of drug-likeness (QED) is 0.695. The van der Waals surface area contributed by atoms with Crippen LogP contribution in [0.2, 0.25) is 0 Å². The van der Waals surface area contributed by atoms with Crippen LogP contribution in [-0.4, -0.2) is 35.6 Å². The van der Waals surface area contributed by atoms with Gasteiger partial charge in [0.15, 0.2) is 0 Å². The van der Waals surface area contributed by atoms with Crippen molar-refractivity contribution in [2.45, 2.75) is 52.9 Å². The van der Waals surface area contributed by atoms with Crippen LogP contribution in [0, 0.1) is 11.3 Å². The molecule has 1 amide bonds. The zero-order chi connectivity index (χ0) is 12.9. The molecule has 3 nitrogen and oxygen atoms in total. The molecule has 3 heteroatoms. The second kappa shape index (κ2) is 6.39. The zero-order valence-corrected chi connectivity index (χ0v) is 11.5. The molecule has 0 saturated carbocycles. The zero-order valence-electron chi connectivity index (χ0n) is 11.5. The fourth-order valence-corrected chi connectivity index (χ4v) is 2.58. The Bertz CT molecular complexity index is 251. The van der Waals surface area contributed by atoms with Crippen molar-refractivity contribution in [3.8, 4) is 0 Å². The summed E-state index contributed by atoms with van der Waals surface area (Å²) < 4.78 is 0. The monoisotopic (exact) mass is 241 g/mol. The molecule has 0 aromatic rings. The highest BCUT2D eigenvalue weighted by molar-refractivity contribution is 5.78. The van der Waals surface area contributed by atoms with E-state index in [1.165, 1.54) is 25.7 Å². The van der Waals surface area contributed by atoms with Crippen molar-refractivity contribution in [1.29, 1.82) is 0 Å². The molecule has 0 aliphatic carbocycles. The van der Waals surface area contributed by atoms with Crippen molar-refractivity contribution < 1.29 is 9.90 Å². The number of hydrogen-bond donors (Lipinski definition) is 1. The molecule has 1 N–H and O–H groups in total. The van der Waals surface area contributed by atoms with Crippen LogP contribution in [0.25, 0.3) is 0 Å². The first-order chi connectivity index (χ1) is 7.98. The molecule has 1 atom stereocenters. The van der Waals surface area contributed by atoms with Gasteiger partial charge in [0.2, 0.25) is 5.91 Å². The van der Waals surface area contributed by atoms with Gasteiger partial charge >= 0.3 is 0 Å². The highest BCUT2D eigenvalue weighted by Crippen LogP contribution is 2.28. The highest BCUT2D eigenvalue weighted by Gasteiger charge is 2.32. The molecule has 0 bridgehead atoms. The third-order valence-electron chi connectivity index (χ3n) is 3.63. The third kappa shape index (κ3) is 4.66. The fourth-order valence-electron chi connectivity index (χ4n) is 2.58. The molecule has 1 fully saturated rings. The fraction of sp³-hybridized carbons (Fsp3) is 0.929. The number of likely N-dealkylation sites (tertiary alicyclic amines) is 1. The summed E-state index contributed by atoms with van der Waals surface area (Å²) in [6.07, 6.45) is 5.47. The molecule has 1 aliphatic rings. The lowest BCUT2D eigenvalue weighted by molar-refractivity contribution is -0.129. The smallest absolute Gasteiger partial charge is 0.223 e. The van der Waals surface area contributed by atoms with Gasteiger partial charge in [0.05, 0.1) is 0 Å². The molecular weight excluding hydrogens is 214 g/mol. The Morgan fingerprint density at radius 3 is 2.65 bits per heavy atom. The van der Waals surface area contributed by atoms with Crippen LogP contribution in [0.15, 0.2) is 0 Å². The van der Waals surface area contributed by atoms with E-state index in [4.69, 9.17) is 5.11 Å². The summed E-state index contributed by atoms with van der Waals surface area (Å²) in [5.74, 6) is 0.376.